The number of fused-ring (bicyclic) bond motifs is 1. The van der Waals surface area contributed by atoms with Gasteiger partial charge >= 0.3 is 0 Å². The monoisotopic (exact) mass is 252 g/mol. The molecule has 0 aromatic heterocycles. The molecule has 2 aromatic carbocycles. The molecule has 0 aliphatic heterocycles. The van der Waals surface area contributed by atoms with Gasteiger partial charge in [0.05, 0.1) is 0 Å². The number of aromatic hydroxyl groups is 2. The zero-order chi connectivity index (χ0) is 13.2. The second-order valence-corrected chi connectivity index (χ2v) is 4.96. The Balaban J connectivity index is 2.05. The van der Waals surface area contributed by atoms with Crippen molar-refractivity contribution in [1.29, 1.82) is 0 Å². The van der Waals surface area contributed by atoms with Gasteiger partial charge in [-0.3, -0.25) is 0 Å². The molecule has 0 bridgehead atoms. The molecule has 0 heterocycles. The Hall–Kier alpha value is -2.22. The highest BCUT2D eigenvalue weighted by Gasteiger charge is 2.11. The quantitative estimate of drug-likeness (QED) is 0.806. The summed E-state index contributed by atoms with van der Waals surface area (Å²) >= 11 is 0. The molecule has 0 saturated carbocycles. The number of benzene rings is 2. The summed E-state index contributed by atoms with van der Waals surface area (Å²) in [7, 11) is 0. The number of phenols is 2. The number of rotatable bonds is 1. The highest BCUT2D eigenvalue weighted by Crippen LogP contribution is 2.31. The predicted octanol–water partition coefficient (Wildman–Crippen LogP) is 3.97. The van der Waals surface area contributed by atoms with Crippen LogP contribution in [-0.4, -0.2) is 10.2 Å². The molecule has 0 fully saturated rings. The predicted molar refractivity (Wildman–Crippen MR) is 77.0 cm³/mol. The van der Waals surface area contributed by atoms with Crippen LogP contribution in [0.15, 0.2) is 42.5 Å². The highest BCUT2D eigenvalue weighted by atomic mass is 16.3. The maximum absolute atomic E-state index is 9.59. The van der Waals surface area contributed by atoms with Crippen molar-refractivity contribution in [2.45, 2.75) is 19.3 Å². The molecule has 2 aromatic rings. The third-order valence-corrected chi connectivity index (χ3v) is 3.57. The average molecular weight is 252 g/mol. The number of aryl methyl sites for hydroxylation is 1. The van der Waals surface area contributed by atoms with Gasteiger partial charge in [-0.2, -0.15) is 0 Å². The second-order valence-electron chi connectivity index (χ2n) is 4.96. The zero-order valence-electron chi connectivity index (χ0n) is 10.6. The summed E-state index contributed by atoms with van der Waals surface area (Å²) in [5.41, 5.74) is 4.66. The number of allylic oxidation sites excluding steroid dienone is 1. The summed E-state index contributed by atoms with van der Waals surface area (Å²) in [6, 6.07) is 12.9. The fraction of sp³-hybridized carbons (Fsp3) is 0.176. The molecule has 0 amide bonds. The van der Waals surface area contributed by atoms with Gasteiger partial charge in [0.1, 0.15) is 11.5 Å². The van der Waals surface area contributed by atoms with Crippen LogP contribution >= 0.6 is 0 Å². The summed E-state index contributed by atoms with van der Waals surface area (Å²) in [5.74, 6) is 0.626. The topological polar surface area (TPSA) is 40.5 Å². The van der Waals surface area contributed by atoms with Crippen LogP contribution in [0.25, 0.3) is 11.6 Å². The van der Waals surface area contributed by atoms with Crippen LogP contribution in [0, 0.1) is 0 Å². The van der Waals surface area contributed by atoms with Gasteiger partial charge in [0, 0.05) is 0 Å². The zero-order valence-corrected chi connectivity index (χ0v) is 10.6. The van der Waals surface area contributed by atoms with E-state index in [2.05, 4.69) is 6.08 Å². The van der Waals surface area contributed by atoms with E-state index in [1.807, 2.05) is 24.3 Å². The van der Waals surface area contributed by atoms with E-state index in [4.69, 9.17) is 0 Å². The maximum atomic E-state index is 9.59. The fourth-order valence-electron chi connectivity index (χ4n) is 2.61. The van der Waals surface area contributed by atoms with E-state index in [9.17, 15) is 10.2 Å². The van der Waals surface area contributed by atoms with E-state index < -0.39 is 0 Å². The second kappa shape index (κ2) is 4.81. The fourth-order valence-corrected chi connectivity index (χ4v) is 2.61. The molecule has 19 heavy (non-hydrogen) atoms. The van der Waals surface area contributed by atoms with Crippen molar-refractivity contribution >= 4 is 11.6 Å². The summed E-state index contributed by atoms with van der Waals surface area (Å²) in [4.78, 5) is 0. The van der Waals surface area contributed by atoms with Gasteiger partial charge in [0.15, 0.2) is 0 Å². The molecular weight excluding hydrogens is 236 g/mol. The van der Waals surface area contributed by atoms with Gasteiger partial charge in [0.25, 0.3) is 0 Å². The Bertz CT molecular complexity index is 641. The molecule has 2 N–H and O–H groups in total. The molecule has 2 nitrogen and oxygen atoms in total. The molecule has 96 valence electrons. The van der Waals surface area contributed by atoms with Crippen molar-refractivity contribution in [1.82, 2.24) is 0 Å². The Morgan fingerprint density at radius 3 is 2.53 bits per heavy atom. The molecule has 1 aliphatic rings. The first-order valence-corrected chi connectivity index (χ1v) is 6.54. The molecule has 0 saturated heterocycles. The van der Waals surface area contributed by atoms with Crippen LogP contribution in [0.3, 0.4) is 0 Å². The third kappa shape index (κ3) is 2.48. The van der Waals surface area contributed by atoms with Crippen LogP contribution in [0.2, 0.25) is 0 Å². The van der Waals surface area contributed by atoms with Crippen LogP contribution in [0.4, 0.5) is 0 Å². The standard InChI is InChI=1S/C17H16O2/c18-16-6-2-5-13(10-16)12-3-1-4-14-11-17(19)8-7-15(14)9-12/h2,5-11,18-19H,1,3-4H2. The Morgan fingerprint density at radius 2 is 1.68 bits per heavy atom. The largest absolute Gasteiger partial charge is 0.508 e. The Labute approximate surface area is 112 Å². The number of hydrogen-bond acceptors (Lipinski definition) is 2. The summed E-state index contributed by atoms with van der Waals surface area (Å²) < 4.78 is 0. The normalized spacial score (nSPS) is 14.4. The first-order valence-electron chi connectivity index (χ1n) is 6.54. The minimum Gasteiger partial charge on any atom is -0.508 e. The van der Waals surface area contributed by atoms with E-state index in [0.29, 0.717) is 11.5 Å². The van der Waals surface area contributed by atoms with Crippen LogP contribution in [0.1, 0.15) is 29.5 Å². The Kier molecular flexibility index (Phi) is 3.00. The molecule has 0 unspecified atom stereocenters. The lowest BCUT2D eigenvalue weighted by Gasteiger charge is -2.06. The molecule has 3 rings (SSSR count). The van der Waals surface area contributed by atoms with E-state index in [-0.39, 0.29) is 0 Å². The smallest absolute Gasteiger partial charge is 0.116 e. The van der Waals surface area contributed by atoms with Crippen molar-refractivity contribution in [3.63, 3.8) is 0 Å². The molecule has 2 heteroatoms. The van der Waals surface area contributed by atoms with Crippen molar-refractivity contribution in [2.24, 2.45) is 0 Å². The minimum atomic E-state index is 0.300. The van der Waals surface area contributed by atoms with Gasteiger partial charge in [-0.05, 0) is 65.8 Å². The van der Waals surface area contributed by atoms with Gasteiger partial charge in [-0.15, -0.1) is 0 Å². The third-order valence-electron chi connectivity index (χ3n) is 3.57. The summed E-state index contributed by atoms with van der Waals surface area (Å²) in [6.45, 7) is 0. The highest BCUT2D eigenvalue weighted by molar-refractivity contribution is 5.83. The lowest BCUT2D eigenvalue weighted by Crippen LogP contribution is -1.86. The lowest BCUT2D eigenvalue weighted by atomic mass is 10.0. The number of hydrogen-bond donors (Lipinski definition) is 2. The van der Waals surface area contributed by atoms with Gasteiger partial charge in [-0.25, -0.2) is 0 Å². The lowest BCUT2D eigenvalue weighted by molar-refractivity contribution is 0.474. The van der Waals surface area contributed by atoms with E-state index in [1.54, 1.807) is 18.2 Å². The van der Waals surface area contributed by atoms with E-state index >= 15 is 0 Å². The molecule has 0 radical (unpaired) electrons. The maximum Gasteiger partial charge on any atom is 0.116 e. The van der Waals surface area contributed by atoms with Gasteiger partial charge in [0.2, 0.25) is 0 Å². The van der Waals surface area contributed by atoms with Crippen LogP contribution < -0.4 is 0 Å². The van der Waals surface area contributed by atoms with Crippen molar-refractivity contribution < 1.29 is 10.2 Å². The van der Waals surface area contributed by atoms with Crippen molar-refractivity contribution in [3.8, 4) is 11.5 Å². The molecule has 1 aliphatic carbocycles. The molecule has 0 spiro atoms. The first-order chi connectivity index (χ1) is 9.22. The van der Waals surface area contributed by atoms with Crippen LogP contribution in [0.5, 0.6) is 11.5 Å². The SMILES string of the molecule is Oc1cccc(C2=Cc3ccc(O)cc3CCC2)c1. The van der Waals surface area contributed by atoms with Gasteiger partial charge in [-0.1, -0.05) is 24.3 Å². The van der Waals surface area contributed by atoms with Gasteiger partial charge < -0.3 is 10.2 Å². The van der Waals surface area contributed by atoms with E-state index in [0.717, 1.165) is 30.4 Å². The van der Waals surface area contributed by atoms with Crippen molar-refractivity contribution in [2.75, 3.05) is 0 Å². The summed E-state index contributed by atoms with van der Waals surface area (Å²) in [6.07, 6.45) is 5.18. The summed E-state index contributed by atoms with van der Waals surface area (Å²) in [5, 5.41) is 19.1. The minimum absolute atomic E-state index is 0.300. The average Bonchev–Trinajstić information content (AvgIpc) is 2.60. The van der Waals surface area contributed by atoms with Crippen LogP contribution in [-0.2, 0) is 6.42 Å². The molecular formula is C17H16O2. The Morgan fingerprint density at radius 1 is 0.842 bits per heavy atom. The number of phenolic OH excluding ortho intramolecular Hbond substituents is 2. The molecule has 0 atom stereocenters. The first kappa shape index (κ1) is 11.8. The van der Waals surface area contributed by atoms with Crippen molar-refractivity contribution in [3.05, 3.63) is 59.2 Å². The van der Waals surface area contributed by atoms with E-state index in [1.165, 1.54) is 11.1 Å².